The van der Waals surface area contributed by atoms with E-state index in [9.17, 15) is 13.2 Å². The quantitative estimate of drug-likeness (QED) is 0.402. The first-order valence-electron chi connectivity index (χ1n) is 5.87. The second-order valence-electron chi connectivity index (χ2n) is 5.21. The molecule has 0 radical (unpaired) electrons. The maximum absolute atomic E-state index is 14.2. The summed E-state index contributed by atoms with van der Waals surface area (Å²) in [6.45, 7) is 4.98. The number of hydrogen-bond acceptors (Lipinski definition) is 3. The summed E-state index contributed by atoms with van der Waals surface area (Å²) < 4.78 is 41.3. The number of halogens is 3. The van der Waals surface area contributed by atoms with Crippen molar-refractivity contribution >= 4 is 5.84 Å². The highest BCUT2D eigenvalue weighted by molar-refractivity contribution is 5.88. The van der Waals surface area contributed by atoms with E-state index >= 15 is 0 Å². The predicted molar refractivity (Wildman–Crippen MR) is 68.1 cm³/mol. The topological polar surface area (TPSA) is 45.1 Å². The number of benzene rings is 1. The molecule has 0 unspecified atom stereocenters. The van der Waals surface area contributed by atoms with Crippen LogP contribution in [0.5, 0.6) is 0 Å². The first-order valence-corrected chi connectivity index (χ1v) is 5.87. The lowest BCUT2D eigenvalue weighted by molar-refractivity contribution is -0.179. The van der Waals surface area contributed by atoms with Crippen LogP contribution in [-0.4, -0.2) is 28.8 Å². The molecule has 0 atom stereocenters. The third kappa shape index (κ3) is 3.86. The highest BCUT2D eigenvalue weighted by atomic mass is 19.3. The fourth-order valence-electron chi connectivity index (χ4n) is 1.57. The Balaban J connectivity index is 3.07. The van der Waals surface area contributed by atoms with Gasteiger partial charge >= 0.3 is 5.92 Å². The van der Waals surface area contributed by atoms with Gasteiger partial charge in [-0.05, 0) is 45.0 Å². The van der Waals surface area contributed by atoms with Gasteiger partial charge in [-0.3, -0.25) is 4.84 Å². The van der Waals surface area contributed by atoms with Crippen molar-refractivity contribution in [2.24, 2.45) is 5.16 Å². The number of hydroxylamine groups is 2. The minimum absolute atomic E-state index is 0.504. The average molecular weight is 290 g/mol. The van der Waals surface area contributed by atoms with Crippen LogP contribution in [0.1, 0.15) is 26.3 Å². The molecule has 1 rings (SSSR count). The number of hydrogen-bond donors (Lipinski definition) is 1. The first kappa shape index (κ1) is 16.3. The first-order chi connectivity index (χ1) is 9.08. The molecule has 0 aliphatic carbocycles. The normalized spacial score (nSPS) is 13.4. The Morgan fingerprint density at radius 1 is 1.20 bits per heavy atom. The minimum atomic E-state index is -3.62. The zero-order chi connectivity index (χ0) is 15.6. The van der Waals surface area contributed by atoms with Crippen LogP contribution in [0.4, 0.5) is 13.2 Å². The van der Waals surface area contributed by atoms with Gasteiger partial charge in [-0.1, -0.05) is 5.16 Å². The van der Waals surface area contributed by atoms with Crippen LogP contribution in [0.25, 0.3) is 0 Å². The van der Waals surface area contributed by atoms with Crippen LogP contribution in [0.2, 0.25) is 0 Å². The molecular weight excluding hydrogens is 273 g/mol. The van der Waals surface area contributed by atoms with Gasteiger partial charge in [0.25, 0.3) is 0 Å². The molecule has 0 saturated heterocycles. The highest BCUT2D eigenvalue weighted by Crippen LogP contribution is 2.31. The van der Waals surface area contributed by atoms with E-state index in [0.717, 1.165) is 24.3 Å². The van der Waals surface area contributed by atoms with Crippen molar-refractivity contribution in [3.63, 3.8) is 0 Å². The summed E-state index contributed by atoms with van der Waals surface area (Å²) in [7, 11) is 1.21. The van der Waals surface area contributed by atoms with Crippen molar-refractivity contribution in [3.8, 4) is 0 Å². The van der Waals surface area contributed by atoms with E-state index < -0.39 is 28.7 Å². The van der Waals surface area contributed by atoms with Gasteiger partial charge in [-0.2, -0.15) is 8.78 Å². The summed E-state index contributed by atoms with van der Waals surface area (Å²) in [5.41, 5.74) is -1.25. The second kappa shape index (κ2) is 5.70. The molecule has 1 N–H and O–H groups in total. The van der Waals surface area contributed by atoms with Gasteiger partial charge in [-0.25, -0.2) is 9.45 Å². The maximum atomic E-state index is 14.2. The average Bonchev–Trinajstić information content (AvgIpc) is 2.27. The van der Waals surface area contributed by atoms with Crippen LogP contribution in [0, 0.1) is 5.82 Å². The summed E-state index contributed by atoms with van der Waals surface area (Å²) in [6.07, 6.45) is 0. The van der Waals surface area contributed by atoms with E-state index in [1.165, 1.54) is 7.05 Å². The summed E-state index contributed by atoms with van der Waals surface area (Å²) in [6, 6.07) is 3.66. The molecule has 112 valence electrons. The monoisotopic (exact) mass is 290 g/mol. The molecule has 0 fully saturated rings. The molecule has 0 amide bonds. The predicted octanol–water partition coefficient (Wildman–Crippen LogP) is 3.37. The van der Waals surface area contributed by atoms with E-state index in [2.05, 4.69) is 5.16 Å². The Hall–Kier alpha value is -1.76. The van der Waals surface area contributed by atoms with E-state index in [-0.39, 0.29) is 0 Å². The number of amidine groups is 1. The van der Waals surface area contributed by atoms with E-state index in [4.69, 9.17) is 10.0 Å². The maximum Gasteiger partial charge on any atom is 0.335 e. The Morgan fingerprint density at radius 3 is 2.10 bits per heavy atom. The highest BCUT2D eigenvalue weighted by Gasteiger charge is 2.43. The molecule has 0 spiro atoms. The largest absolute Gasteiger partial charge is 0.409 e. The van der Waals surface area contributed by atoms with Gasteiger partial charge in [0.1, 0.15) is 5.82 Å². The lowest BCUT2D eigenvalue weighted by atomic mass is 10.1. The van der Waals surface area contributed by atoms with E-state index in [1.807, 2.05) is 0 Å². The fourth-order valence-corrected chi connectivity index (χ4v) is 1.57. The van der Waals surface area contributed by atoms with Crippen LogP contribution in [0.15, 0.2) is 29.4 Å². The molecule has 0 aromatic heterocycles. The Morgan fingerprint density at radius 2 is 1.70 bits per heavy atom. The molecule has 20 heavy (non-hydrogen) atoms. The van der Waals surface area contributed by atoms with Crippen molar-refractivity contribution in [1.29, 1.82) is 0 Å². The number of alkyl halides is 2. The van der Waals surface area contributed by atoms with Gasteiger partial charge in [-0.15, -0.1) is 0 Å². The molecule has 0 saturated carbocycles. The second-order valence-corrected chi connectivity index (χ2v) is 5.21. The van der Waals surface area contributed by atoms with Gasteiger partial charge < -0.3 is 5.21 Å². The van der Waals surface area contributed by atoms with Gasteiger partial charge in [0.2, 0.25) is 5.84 Å². The van der Waals surface area contributed by atoms with Crippen LogP contribution in [0.3, 0.4) is 0 Å². The minimum Gasteiger partial charge on any atom is -0.409 e. The summed E-state index contributed by atoms with van der Waals surface area (Å²) in [5.74, 6) is -5.24. The number of likely N-dealkylation sites (N-methyl/N-ethyl adjacent to an activating group) is 1. The van der Waals surface area contributed by atoms with Crippen molar-refractivity contribution < 1.29 is 23.2 Å². The molecule has 0 aliphatic rings. The lowest BCUT2D eigenvalue weighted by Gasteiger charge is -2.31. The molecule has 1 aromatic carbocycles. The Labute approximate surface area is 115 Å². The van der Waals surface area contributed by atoms with E-state index in [1.54, 1.807) is 20.8 Å². The third-order valence-corrected chi connectivity index (χ3v) is 2.29. The molecule has 1 aromatic rings. The zero-order valence-electron chi connectivity index (χ0n) is 11.7. The van der Waals surface area contributed by atoms with Gasteiger partial charge in [0.05, 0.1) is 5.60 Å². The van der Waals surface area contributed by atoms with Crippen molar-refractivity contribution in [2.75, 3.05) is 7.05 Å². The SMILES string of the molecule is CN(OC(C)(C)C)/C(=N\O)C(F)(F)c1ccc(F)cc1. The third-order valence-electron chi connectivity index (χ3n) is 2.29. The fraction of sp³-hybridized carbons (Fsp3) is 0.462. The number of nitrogens with zero attached hydrogens (tertiary/aromatic N) is 2. The summed E-state index contributed by atoms with van der Waals surface area (Å²) in [4.78, 5) is 5.21. The summed E-state index contributed by atoms with van der Waals surface area (Å²) >= 11 is 0. The molecule has 0 bridgehead atoms. The summed E-state index contributed by atoms with van der Waals surface area (Å²) in [5, 5.41) is 12.2. The standard InChI is InChI=1S/C13H17F3N2O2/c1-12(2,3)20-18(4)11(17-19)13(15,16)9-5-7-10(14)8-6-9/h5-8,19H,1-4H3/b17-11-. The zero-order valence-corrected chi connectivity index (χ0v) is 11.7. The van der Waals surface area contributed by atoms with Crippen molar-refractivity contribution in [2.45, 2.75) is 32.3 Å². The van der Waals surface area contributed by atoms with Crippen molar-refractivity contribution in [3.05, 3.63) is 35.6 Å². The Bertz CT molecular complexity index is 481. The van der Waals surface area contributed by atoms with Crippen LogP contribution >= 0.6 is 0 Å². The number of rotatable bonds is 3. The lowest BCUT2D eigenvalue weighted by Crippen LogP contribution is -2.43. The van der Waals surface area contributed by atoms with Crippen LogP contribution < -0.4 is 0 Å². The molecule has 0 heterocycles. The van der Waals surface area contributed by atoms with Gasteiger partial charge in [0, 0.05) is 12.6 Å². The van der Waals surface area contributed by atoms with Crippen molar-refractivity contribution in [1.82, 2.24) is 5.06 Å². The molecule has 7 heteroatoms. The smallest absolute Gasteiger partial charge is 0.335 e. The molecular formula is C13H17F3N2O2. The van der Waals surface area contributed by atoms with Gasteiger partial charge in [0.15, 0.2) is 0 Å². The van der Waals surface area contributed by atoms with E-state index in [0.29, 0.717) is 5.06 Å². The molecule has 4 nitrogen and oxygen atoms in total. The van der Waals surface area contributed by atoms with Crippen LogP contribution in [-0.2, 0) is 10.8 Å². The number of oxime groups is 1. The Kier molecular flexibility index (Phi) is 4.65. The molecule has 0 aliphatic heterocycles.